The van der Waals surface area contributed by atoms with Gasteiger partial charge in [-0.1, -0.05) is 6.92 Å². The average Bonchev–Trinajstić information content (AvgIpc) is 3.45. The molecule has 1 unspecified atom stereocenters. The van der Waals surface area contributed by atoms with Crippen molar-refractivity contribution in [2.75, 3.05) is 6.54 Å². The minimum absolute atomic E-state index is 0.104. The fourth-order valence-corrected chi connectivity index (χ4v) is 4.26. The average molecular weight is 423 g/mol. The van der Waals surface area contributed by atoms with E-state index in [0.717, 1.165) is 28.1 Å². The molecule has 30 heavy (non-hydrogen) atoms. The third-order valence-corrected chi connectivity index (χ3v) is 5.99. The van der Waals surface area contributed by atoms with E-state index in [4.69, 9.17) is 4.98 Å². The van der Waals surface area contributed by atoms with Crippen molar-refractivity contribution in [1.29, 1.82) is 0 Å². The van der Waals surface area contributed by atoms with Gasteiger partial charge >= 0.3 is 0 Å². The van der Waals surface area contributed by atoms with Crippen LogP contribution in [0.2, 0.25) is 0 Å². The topological polar surface area (TPSA) is 77.6 Å². The zero-order valence-electron chi connectivity index (χ0n) is 17.7. The minimum atomic E-state index is -0.104. The first-order valence-corrected chi connectivity index (χ1v) is 10.9. The van der Waals surface area contributed by atoms with Crippen molar-refractivity contribution in [1.82, 2.24) is 29.9 Å². The lowest BCUT2D eigenvalue weighted by Gasteiger charge is -2.14. The lowest BCUT2D eigenvalue weighted by molar-refractivity contribution is 0.0948. The number of hydrogen-bond donors (Lipinski definition) is 1. The summed E-state index contributed by atoms with van der Waals surface area (Å²) in [5.74, 6) is 0.150. The number of aryl methyl sites for hydroxylation is 1. The Morgan fingerprint density at radius 1 is 1.23 bits per heavy atom. The molecule has 4 aromatic heterocycles. The minimum Gasteiger partial charge on any atom is -0.352 e. The van der Waals surface area contributed by atoms with Gasteiger partial charge in [0.15, 0.2) is 5.65 Å². The van der Waals surface area contributed by atoms with Crippen molar-refractivity contribution in [3.05, 3.63) is 53.3 Å². The molecule has 0 aliphatic heterocycles. The molecule has 0 aromatic carbocycles. The number of amides is 1. The van der Waals surface area contributed by atoms with Crippen LogP contribution in [-0.2, 0) is 6.54 Å². The van der Waals surface area contributed by atoms with Crippen LogP contribution in [0, 0.1) is 12.8 Å². The highest BCUT2D eigenvalue weighted by Crippen LogP contribution is 2.30. The predicted octanol–water partition coefficient (Wildman–Crippen LogP) is 4.31. The van der Waals surface area contributed by atoms with Gasteiger partial charge in [-0.25, -0.2) is 9.67 Å². The molecule has 156 valence electrons. The fraction of sp³-hybridized carbons (Fsp3) is 0.364. The summed E-state index contributed by atoms with van der Waals surface area (Å²) in [5, 5.41) is 12.6. The predicted molar refractivity (Wildman–Crippen MR) is 120 cm³/mol. The molecule has 4 heterocycles. The summed E-state index contributed by atoms with van der Waals surface area (Å²) < 4.78 is 3.75. The molecule has 1 N–H and O–H groups in total. The molecule has 1 amide bonds. The lowest BCUT2D eigenvalue weighted by Crippen LogP contribution is -2.30. The molecule has 0 spiro atoms. The number of carbonyl (C=O) groups is 1. The normalized spacial score (nSPS) is 12.6. The van der Waals surface area contributed by atoms with Crippen molar-refractivity contribution < 1.29 is 4.79 Å². The molecular weight excluding hydrogens is 396 g/mol. The Morgan fingerprint density at radius 3 is 2.73 bits per heavy atom. The van der Waals surface area contributed by atoms with Crippen molar-refractivity contribution in [3.63, 3.8) is 0 Å². The number of pyridine rings is 1. The van der Waals surface area contributed by atoms with Gasteiger partial charge < -0.3 is 5.32 Å². The van der Waals surface area contributed by atoms with E-state index in [0.29, 0.717) is 12.1 Å². The molecular formula is C22H26N6OS. The number of rotatable bonds is 7. The van der Waals surface area contributed by atoms with Crippen molar-refractivity contribution in [2.45, 2.75) is 40.3 Å². The number of nitrogens with zero attached hydrogens (tertiary/aromatic N) is 5. The lowest BCUT2D eigenvalue weighted by atomic mass is 10.1. The van der Waals surface area contributed by atoms with Crippen molar-refractivity contribution >= 4 is 28.3 Å². The molecule has 0 saturated heterocycles. The SMILES string of the molecule is Cc1ccc(-c2cc(C(=O)NCC(C)Cn3cccn3)c3cnn(C(C)C)c3n2)s1. The monoisotopic (exact) mass is 422 g/mol. The van der Waals surface area contributed by atoms with Crippen LogP contribution in [0.1, 0.15) is 42.0 Å². The summed E-state index contributed by atoms with van der Waals surface area (Å²) in [6.07, 6.45) is 5.44. The van der Waals surface area contributed by atoms with E-state index in [-0.39, 0.29) is 17.9 Å². The van der Waals surface area contributed by atoms with Gasteiger partial charge in [-0.3, -0.25) is 9.48 Å². The Labute approximate surface area is 179 Å². The van der Waals surface area contributed by atoms with Crippen molar-refractivity contribution in [2.24, 2.45) is 5.92 Å². The van der Waals surface area contributed by atoms with Crippen LogP contribution in [0.25, 0.3) is 21.6 Å². The van der Waals surface area contributed by atoms with Gasteiger partial charge in [-0.2, -0.15) is 10.2 Å². The number of nitrogens with one attached hydrogen (secondary N) is 1. The smallest absolute Gasteiger partial charge is 0.252 e. The molecule has 0 bridgehead atoms. The van der Waals surface area contributed by atoms with Gasteiger partial charge in [-0.05, 0) is 51.0 Å². The van der Waals surface area contributed by atoms with Gasteiger partial charge in [0.25, 0.3) is 5.91 Å². The molecule has 0 aliphatic rings. The van der Waals surface area contributed by atoms with E-state index >= 15 is 0 Å². The highest BCUT2D eigenvalue weighted by atomic mass is 32.1. The molecule has 8 heteroatoms. The standard InChI is InChI=1S/C22H26N6OS/c1-14(2)28-21-18(12-25-28)17(10-19(26-21)20-7-6-16(4)30-20)22(29)23-11-15(3)13-27-9-5-8-24-27/h5-10,12,14-15H,11,13H2,1-4H3,(H,23,29). The van der Waals surface area contributed by atoms with Gasteiger partial charge in [0.1, 0.15) is 0 Å². The maximum atomic E-state index is 13.1. The summed E-state index contributed by atoms with van der Waals surface area (Å²) in [6, 6.07) is 8.06. The zero-order chi connectivity index (χ0) is 21.3. The fourth-order valence-electron chi connectivity index (χ4n) is 3.44. The Balaban J connectivity index is 1.63. The number of thiophene rings is 1. The van der Waals surface area contributed by atoms with Crippen LogP contribution in [0.4, 0.5) is 0 Å². The van der Waals surface area contributed by atoms with E-state index in [1.54, 1.807) is 23.7 Å². The Kier molecular flexibility index (Phi) is 5.67. The van der Waals surface area contributed by atoms with E-state index in [1.807, 2.05) is 27.7 Å². The van der Waals surface area contributed by atoms with Crippen LogP contribution >= 0.6 is 11.3 Å². The largest absolute Gasteiger partial charge is 0.352 e. The van der Waals surface area contributed by atoms with Crippen molar-refractivity contribution in [3.8, 4) is 10.6 Å². The first-order chi connectivity index (χ1) is 14.4. The Hall–Kier alpha value is -3.00. The number of carbonyl (C=O) groups excluding carboxylic acids is 1. The second-order valence-corrected chi connectivity index (χ2v) is 9.22. The molecule has 0 saturated carbocycles. The molecule has 4 aromatic rings. The summed E-state index contributed by atoms with van der Waals surface area (Å²) in [6.45, 7) is 9.61. The highest BCUT2D eigenvalue weighted by molar-refractivity contribution is 7.15. The van der Waals surface area contributed by atoms with Crippen LogP contribution in [0.15, 0.2) is 42.9 Å². The Bertz CT molecular complexity index is 1160. The van der Waals surface area contributed by atoms with Gasteiger partial charge in [-0.15, -0.1) is 11.3 Å². The molecule has 0 aliphatic carbocycles. The van der Waals surface area contributed by atoms with Crippen LogP contribution in [0.3, 0.4) is 0 Å². The number of hydrogen-bond acceptors (Lipinski definition) is 5. The molecule has 4 rings (SSSR count). The van der Waals surface area contributed by atoms with Crippen LogP contribution in [0.5, 0.6) is 0 Å². The quantitative estimate of drug-likeness (QED) is 0.481. The summed E-state index contributed by atoms with van der Waals surface area (Å²) >= 11 is 1.67. The van der Waals surface area contributed by atoms with E-state index < -0.39 is 0 Å². The summed E-state index contributed by atoms with van der Waals surface area (Å²) in [7, 11) is 0. The van der Waals surface area contributed by atoms with Gasteiger partial charge in [0.2, 0.25) is 0 Å². The second-order valence-electron chi connectivity index (χ2n) is 7.93. The summed E-state index contributed by atoms with van der Waals surface area (Å²) in [4.78, 5) is 20.2. The van der Waals surface area contributed by atoms with E-state index in [1.165, 1.54) is 4.88 Å². The van der Waals surface area contributed by atoms with E-state index in [2.05, 4.69) is 55.3 Å². The summed E-state index contributed by atoms with van der Waals surface area (Å²) in [5.41, 5.74) is 2.15. The maximum absolute atomic E-state index is 13.1. The highest BCUT2D eigenvalue weighted by Gasteiger charge is 2.19. The Morgan fingerprint density at radius 2 is 2.07 bits per heavy atom. The maximum Gasteiger partial charge on any atom is 0.252 e. The molecule has 7 nitrogen and oxygen atoms in total. The van der Waals surface area contributed by atoms with Crippen LogP contribution in [-0.4, -0.2) is 37.0 Å². The first kappa shape index (κ1) is 20.3. The molecule has 0 radical (unpaired) electrons. The number of aromatic nitrogens is 5. The van der Waals surface area contributed by atoms with Gasteiger partial charge in [0.05, 0.1) is 27.7 Å². The number of fused-ring (bicyclic) bond motifs is 1. The third-order valence-electron chi connectivity index (χ3n) is 4.96. The molecule has 0 fully saturated rings. The van der Waals surface area contributed by atoms with E-state index in [9.17, 15) is 4.79 Å². The second kappa shape index (κ2) is 8.39. The zero-order valence-corrected chi connectivity index (χ0v) is 18.5. The van der Waals surface area contributed by atoms with Crippen LogP contribution < -0.4 is 5.32 Å². The van der Waals surface area contributed by atoms with Gasteiger partial charge in [0, 0.05) is 36.4 Å². The molecule has 1 atom stereocenters. The first-order valence-electron chi connectivity index (χ1n) is 10.1. The third kappa shape index (κ3) is 4.14.